The zero-order chi connectivity index (χ0) is 14.2. The number of benzene rings is 1. The molecule has 0 unspecified atom stereocenters. The molecule has 0 radical (unpaired) electrons. The van der Waals surface area contributed by atoms with Gasteiger partial charge in [0.1, 0.15) is 0 Å². The minimum atomic E-state index is -3.44. The Morgan fingerprint density at radius 1 is 1.20 bits per heavy atom. The molecule has 1 aromatic carbocycles. The summed E-state index contributed by atoms with van der Waals surface area (Å²) >= 11 is 1.61. The molecule has 4 nitrogen and oxygen atoms in total. The third-order valence-electron chi connectivity index (χ3n) is 3.35. The molecule has 0 amide bonds. The molecule has 0 atom stereocenters. The van der Waals surface area contributed by atoms with Crippen LogP contribution in [0, 0.1) is 6.92 Å². The molecule has 0 bridgehead atoms. The highest BCUT2D eigenvalue weighted by atomic mass is 32.2. The minimum Gasteiger partial charge on any atom is -0.309 e. The van der Waals surface area contributed by atoms with Gasteiger partial charge in [0.05, 0.1) is 4.90 Å². The van der Waals surface area contributed by atoms with Gasteiger partial charge in [-0.05, 0) is 42.3 Å². The van der Waals surface area contributed by atoms with Crippen molar-refractivity contribution in [2.75, 3.05) is 0 Å². The van der Waals surface area contributed by atoms with Crippen LogP contribution in [0.4, 0.5) is 0 Å². The van der Waals surface area contributed by atoms with E-state index in [9.17, 15) is 8.42 Å². The quantitative estimate of drug-likeness (QED) is 0.910. The molecule has 2 heterocycles. The zero-order valence-corrected chi connectivity index (χ0v) is 12.8. The van der Waals surface area contributed by atoms with E-state index >= 15 is 0 Å². The predicted molar refractivity (Wildman–Crippen MR) is 80.1 cm³/mol. The summed E-state index contributed by atoms with van der Waals surface area (Å²) < 4.78 is 27.2. The first-order valence-electron chi connectivity index (χ1n) is 6.42. The Bertz CT molecular complexity index is 735. The van der Waals surface area contributed by atoms with Crippen LogP contribution in [-0.4, -0.2) is 8.42 Å². The molecule has 1 aliphatic heterocycles. The number of nitrogens with one attached hydrogen (secondary N) is 2. The van der Waals surface area contributed by atoms with Crippen molar-refractivity contribution in [2.24, 2.45) is 0 Å². The first-order chi connectivity index (χ1) is 9.54. The number of rotatable bonds is 4. The van der Waals surface area contributed by atoms with Crippen molar-refractivity contribution in [1.29, 1.82) is 0 Å². The summed E-state index contributed by atoms with van der Waals surface area (Å²) in [5.74, 6) is 0. The van der Waals surface area contributed by atoms with E-state index in [0.717, 1.165) is 23.5 Å². The van der Waals surface area contributed by atoms with E-state index in [2.05, 4.69) is 10.0 Å². The Morgan fingerprint density at radius 2 is 2.00 bits per heavy atom. The second kappa shape index (κ2) is 5.29. The van der Waals surface area contributed by atoms with Crippen LogP contribution in [-0.2, 0) is 29.7 Å². The molecule has 1 aliphatic rings. The van der Waals surface area contributed by atoms with Crippen molar-refractivity contribution >= 4 is 21.4 Å². The van der Waals surface area contributed by atoms with Crippen molar-refractivity contribution in [1.82, 2.24) is 10.0 Å². The van der Waals surface area contributed by atoms with E-state index in [4.69, 9.17) is 0 Å². The average Bonchev–Trinajstić information content (AvgIpc) is 3.04. The largest absolute Gasteiger partial charge is 0.309 e. The van der Waals surface area contributed by atoms with Crippen molar-refractivity contribution in [2.45, 2.75) is 31.5 Å². The minimum absolute atomic E-state index is 0.341. The Balaban J connectivity index is 1.78. The second-order valence-electron chi connectivity index (χ2n) is 4.87. The lowest BCUT2D eigenvalue weighted by atomic mass is 10.1. The Kier molecular flexibility index (Phi) is 3.64. The SMILES string of the molecule is Cc1ccc(CNS(=O)(=O)c2ccc3c(c2)CNC3)s1. The van der Waals surface area contributed by atoms with Crippen molar-refractivity contribution in [3.05, 3.63) is 51.2 Å². The van der Waals surface area contributed by atoms with Crippen LogP contribution in [0.15, 0.2) is 35.2 Å². The molecule has 0 spiro atoms. The fourth-order valence-corrected chi connectivity index (χ4v) is 4.25. The van der Waals surface area contributed by atoms with Gasteiger partial charge in [-0.1, -0.05) is 6.07 Å². The highest BCUT2D eigenvalue weighted by Crippen LogP contribution is 2.21. The number of hydrogen-bond acceptors (Lipinski definition) is 4. The standard InChI is InChI=1S/C14H16N2O2S2/c1-10-2-4-13(19-10)9-16-20(17,18)14-5-3-11-7-15-8-12(11)6-14/h2-6,15-16H,7-9H2,1H3. The number of aryl methyl sites for hydroxylation is 1. The summed E-state index contributed by atoms with van der Waals surface area (Å²) in [6.07, 6.45) is 0. The molecular formula is C14H16N2O2S2. The summed E-state index contributed by atoms with van der Waals surface area (Å²) in [5.41, 5.74) is 2.25. The van der Waals surface area contributed by atoms with Crippen molar-refractivity contribution in [3.63, 3.8) is 0 Å². The molecule has 1 aromatic heterocycles. The molecule has 20 heavy (non-hydrogen) atoms. The number of sulfonamides is 1. The highest BCUT2D eigenvalue weighted by molar-refractivity contribution is 7.89. The zero-order valence-electron chi connectivity index (χ0n) is 11.1. The molecule has 0 saturated heterocycles. The lowest BCUT2D eigenvalue weighted by molar-refractivity contribution is 0.581. The molecular weight excluding hydrogens is 292 g/mol. The molecule has 0 fully saturated rings. The van der Waals surface area contributed by atoms with Crippen LogP contribution in [0.5, 0.6) is 0 Å². The number of hydrogen-bond donors (Lipinski definition) is 2. The van der Waals surface area contributed by atoms with E-state index in [1.165, 1.54) is 10.4 Å². The maximum absolute atomic E-state index is 12.3. The lowest BCUT2D eigenvalue weighted by Gasteiger charge is -2.07. The molecule has 0 aliphatic carbocycles. The van der Waals surface area contributed by atoms with Crippen LogP contribution in [0.3, 0.4) is 0 Å². The Morgan fingerprint density at radius 3 is 2.75 bits per heavy atom. The van der Waals surface area contributed by atoms with E-state index in [1.54, 1.807) is 23.5 Å². The van der Waals surface area contributed by atoms with Gasteiger partial charge in [-0.15, -0.1) is 11.3 Å². The third-order valence-corrected chi connectivity index (χ3v) is 5.75. The van der Waals surface area contributed by atoms with Gasteiger partial charge in [-0.3, -0.25) is 0 Å². The molecule has 6 heteroatoms. The van der Waals surface area contributed by atoms with E-state index in [-0.39, 0.29) is 0 Å². The maximum Gasteiger partial charge on any atom is 0.240 e. The van der Waals surface area contributed by atoms with Gasteiger partial charge in [0.25, 0.3) is 0 Å². The van der Waals surface area contributed by atoms with Gasteiger partial charge < -0.3 is 5.32 Å². The number of thiophene rings is 1. The van der Waals surface area contributed by atoms with Gasteiger partial charge in [0.2, 0.25) is 10.0 Å². The second-order valence-corrected chi connectivity index (χ2v) is 8.01. The fraction of sp³-hybridized carbons (Fsp3) is 0.286. The van der Waals surface area contributed by atoms with Gasteiger partial charge in [0.15, 0.2) is 0 Å². The lowest BCUT2D eigenvalue weighted by Crippen LogP contribution is -2.22. The summed E-state index contributed by atoms with van der Waals surface area (Å²) in [6, 6.07) is 9.27. The van der Waals surface area contributed by atoms with Crippen molar-refractivity contribution < 1.29 is 8.42 Å². The van der Waals surface area contributed by atoms with E-state index in [0.29, 0.717) is 11.4 Å². The van der Waals surface area contributed by atoms with Crippen molar-refractivity contribution in [3.8, 4) is 0 Å². The van der Waals surface area contributed by atoms with Gasteiger partial charge >= 0.3 is 0 Å². The Labute approximate surface area is 122 Å². The topological polar surface area (TPSA) is 58.2 Å². The number of fused-ring (bicyclic) bond motifs is 1. The predicted octanol–water partition coefficient (Wildman–Crippen LogP) is 2.14. The summed E-state index contributed by atoms with van der Waals surface area (Å²) in [4.78, 5) is 2.55. The first kappa shape index (κ1) is 13.8. The molecule has 2 aromatic rings. The summed E-state index contributed by atoms with van der Waals surface area (Å²) in [5, 5.41) is 3.21. The normalized spacial score (nSPS) is 14.4. The smallest absolute Gasteiger partial charge is 0.240 e. The molecule has 106 valence electrons. The Hall–Kier alpha value is -1.21. The van der Waals surface area contributed by atoms with Crippen LogP contribution >= 0.6 is 11.3 Å². The monoisotopic (exact) mass is 308 g/mol. The molecule has 0 saturated carbocycles. The van der Waals surface area contributed by atoms with Crippen LogP contribution < -0.4 is 10.0 Å². The molecule has 3 rings (SSSR count). The van der Waals surface area contributed by atoms with Gasteiger partial charge in [-0.2, -0.15) is 0 Å². The van der Waals surface area contributed by atoms with Crippen LogP contribution in [0.1, 0.15) is 20.9 Å². The van der Waals surface area contributed by atoms with E-state index in [1.807, 2.05) is 25.1 Å². The highest BCUT2D eigenvalue weighted by Gasteiger charge is 2.18. The van der Waals surface area contributed by atoms with Gasteiger partial charge in [-0.25, -0.2) is 13.1 Å². The third kappa shape index (κ3) is 2.78. The first-order valence-corrected chi connectivity index (χ1v) is 8.72. The molecule has 2 N–H and O–H groups in total. The average molecular weight is 308 g/mol. The van der Waals surface area contributed by atoms with Crippen LogP contribution in [0.2, 0.25) is 0 Å². The maximum atomic E-state index is 12.3. The van der Waals surface area contributed by atoms with Crippen LogP contribution in [0.25, 0.3) is 0 Å². The summed E-state index contributed by atoms with van der Waals surface area (Å²) in [7, 11) is -3.44. The summed E-state index contributed by atoms with van der Waals surface area (Å²) in [6.45, 7) is 3.91. The van der Waals surface area contributed by atoms with Gasteiger partial charge in [0, 0.05) is 29.4 Å². The fourth-order valence-electron chi connectivity index (χ4n) is 2.27. The van der Waals surface area contributed by atoms with E-state index < -0.39 is 10.0 Å².